The number of nitrogens with zero attached hydrogens (tertiary/aromatic N) is 7. The highest BCUT2D eigenvalue weighted by atomic mass is 31.2. The number of nitrogens with two attached hydrogens (primary N) is 2. The first kappa shape index (κ1) is 30.3. The number of nitrogens with one attached hydrogen (secondary N) is 1. The number of ether oxygens (including phenoxy) is 1. The Hall–Kier alpha value is -3.40. The fourth-order valence-corrected chi connectivity index (χ4v) is 7.86. The van der Waals surface area contributed by atoms with Crippen molar-refractivity contribution in [1.82, 2.24) is 39.0 Å². The molecular weight excluding hydrogens is 646 g/mol. The zero-order valence-electron chi connectivity index (χ0n) is 22.7. The second-order valence-electron chi connectivity index (χ2n) is 10.6. The number of aliphatic hydroxyl groups is 2. The molecule has 3 aliphatic rings. The molecule has 6 heterocycles. The molecule has 1 aliphatic carbocycles. The van der Waals surface area contributed by atoms with E-state index in [1.807, 2.05) is 0 Å². The Bertz CT molecular complexity index is 1940. The second kappa shape index (κ2) is 10.9. The highest BCUT2D eigenvalue weighted by Crippen LogP contribution is 2.55. The maximum absolute atomic E-state index is 13.1. The van der Waals surface area contributed by atoms with Crippen LogP contribution in [0, 0.1) is 5.92 Å². The van der Waals surface area contributed by atoms with Gasteiger partial charge in [-0.1, -0.05) is 0 Å². The minimum Gasteiger partial charge on any atom is -0.388 e. The number of hydrogen-bond acceptors (Lipinski definition) is 17. The number of H-pyrrole nitrogens is 1. The first-order chi connectivity index (χ1) is 21.3. The molecule has 4 unspecified atom stereocenters. The third-order valence-corrected chi connectivity index (χ3v) is 9.85. The fraction of sp³-hybridized carbons (Fsp3) is 0.524. The molecule has 45 heavy (non-hydrogen) atoms. The number of aliphatic hydroxyl groups excluding tert-OH is 2. The van der Waals surface area contributed by atoms with E-state index in [1.165, 1.54) is 21.8 Å². The van der Waals surface area contributed by atoms with Crippen LogP contribution in [0.15, 0.2) is 23.8 Å². The number of phosphoric ester groups is 2. The van der Waals surface area contributed by atoms with Gasteiger partial charge in [0.1, 0.15) is 42.4 Å². The van der Waals surface area contributed by atoms with Gasteiger partial charge in [0.2, 0.25) is 5.95 Å². The topological polar surface area (TPSA) is 320 Å². The lowest BCUT2D eigenvalue weighted by Crippen LogP contribution is -2.37. The Kier molecular flexibility index (Phi) is 7.30. The predicted octanol–water partition coefficient (Wildman–Crippen LogP) is -1.68. The maximum atomic E-state index is 13.1. The molecule has 9 N–H and O–H groups in total. The fourth-order valence-electron chi connectivity index (χ4n) is 5.85. The van der Waals surface area contributed by atoms with Crippen LogP contribution < -0.4 is 17.0 Å². The van der Waals surface area contributed by atoms with Crippen molar-refractivity contribution < 1.29 is 52.0 Å². The summed E-state index contributed by atoms with van der Waals surface area (Å²) in [7, 11) is -9.94. The van der Waals surface area contributed by atoms with Crippen LogP contribution in [0.2, 0.25) is 0 Å². The van der Waals surface area contributed by atoms with E-state index in [0.29, 0.717) is 0 Å². The summed E-state index contributed by atoms with van der Waals surface area (Å²) in [5.74, 6) is -1.16. The first-order valence-electron chi connectivity index (χ1n) is 13.3. The van der Waals surface area contributed by atoms with Gasteiger partial charge in [-0.15, -0.1) is 0 Å². The van der Waals surface area contributed by atoms with Crippen LogP contribution in [-0.2, 0) is 32.0 Å². The summed E-state index contributed by atoms with van der Waals surface area (Å²) in [5.41, 5.74) is 11.2. The molecule has 24 heteroatoms. The van der Waals surface area contributed by atoms with Crippen molar-refractivity contribution in [1.29, 1.82) is 0 Å². The van der Waals surface area contributed by atoms with Crippen molar-refractivity contribution in [2.75, 3.05) is 24.7 Å². The van der Waals surface area contributed by atoms with Crippen LogP contribution in [0.3, 0.4) is 0 Å². The normalized spacial score (nSPS) is 37.7. The monoisotopic (exact) mass is 672 g/mol. The molecule has 0 aromatic carbocycles. The first-order valence-corrected chi connectivity index (χ1v) is 16.3. The Morgan fingerprint density at radius 1 is 0.889 bits per heavy atom. The van der Waals surface area contributed by atoms with E-state index in [-0.39, 0.29) is 40.5 Å². The number of phosphoric acid groups is 2. The van der Waals surface area contributed by atoms with E-state index in [4.69, 9.17) is 34.3 Å². The van der Waals surface area contributed by atoms with Gasteiger partial charge in [0, 0.05) is 5.92 Å². The molecule has 2 aliphatic heterocycles. The lowest BCUT2D eigenvalue weighted by molar-refractivity contribution is -0.0606. The minimum absolute atomic E-state index is 0.0199. The Balaban J connectivity index is 1.17. The predicted molar refractivity (Wildman–Crippen MR) is 147 cm³/mol. The van der Waals surface area contributed by atoms with Crippen molar-refractivity contribution in [3.63, 3.8) is 0 Å². The molecule has 0 bridgehead atoms. The lowest BCUT2D eigenvalue weighted by atomic mass is 10.1. The largest absolute Gasteiger partial charge is 0.472 e. The summed E-state index contributed by atoms with van der Waals surface area (Å²) in [6, 6.07) is -0.959. The van der Waals surface area contributed by atoms with Gasteiger partial charge < -0.3 is 40.8 Å². The third-order valence-electron chi connectivity index (χ3n) is 7.88. The van der Waals surface area contributed by atoms with Crippen molar-refractivity contribution in [3.8, 4) is 0 Å². The molecule has 2 saturated heterocycles. The van der Waals surface area contributed by atoms with E-state index >= 15 is 0 Å². The number of aromatic nitrogens is 8. The van der Waals surface area contributed by atoms with E-state index in [9.17, 15) is 33.9 Å². The Morgan fingerprint density at radius 3 is 2.36 bits per heavy atom. The molecule has 0 amide bonds. The molecule has 22 nitrogen and oxygen atoms in total. The quantitative estimate of drug-likeness (QED) is 0.117. The van der Waals surface area contributed by atoms with Gasteiger partial charge in [-0.2, -0.15) is 4.98 Å². The van der Waals surface area contributed by atoms with Gasteiger partial charge >= 0.3 is 15.6 Å². The molecule has 3 fully saturated rings. The molecule has 4 aromatic rings. The van der Waals surface area contributed by atoms with Crippen LogP contribution in [0.25, 0.3) is 22.3 Å². The summed E-state index contributed by atoms with van der Waals surface area (Å²) in [4.78, 5) is 56.0. The number of hydrogen-bond donors (Lipinski definition) is 7. The third kappa shape index (κ3) is 5.32. The minimum atomic E-state index is -4.98. The van der Waals surface area contributed by atoms with Crippen LogP contribution >= 0.6 is 15.6 Å². The zero-order chi connectivity index (χ0) is 31.8. The van der Waals surface area contributed by atoms with Gasteiger partial charge in [0.25, 0.3) is 5.56 Å². The smallest absolute Gasteiger partial charge is 0.388 e. The summed E-state index contributed by atoms with van der Waals surface area (Å²) in [6.07, 6.45) is -5.49. The summed E-state index contributed by atoms with van der Waals surface area (Å²) < 4.78 is 55.8. The molecule has 1 saturated carbocycles. The molecule has 0 spiro atoms. The zero-order valence-corrected chi connectivity index (χ0v) is 24.5. The average molecular weight is 672 g/mol. The Morgan fingerprint density at radius 2 is 1.58 bits per heavy atom. The van der Waals surface area contributed by atoms with Crippen molar-refractivity contribution in [2.45, 2.75) is 49.2 Å². The Labute approximate surface area is 250 Å². The highest BCUT2D eigenvalue weighted by Gasteiger charge is 2.53. The standard InChI is InChI=1S/C21H26N10O12P2/c22-16-10-17(25-4-24-16)31(6-26-10)20-13(33)15-9(41-20)3-40-45(37,38)42-14-7(2-39-44(35,36)43-15)1-8(12(14)32)30-5-27-11-18(30)28-21(23)29-19(11)34/h4-9,12-15,20,32-33H,1-3H2,(H,35,36)(H,37,38)(H2,22,24,25)(H3,23,28,29,34)/t7-,8-,9-,12?,13-,14+,15?,20-/m1/s1. The van der Waals surface area contributed by atoms with Gasteiger partial charge in [-0.3, -0.25) is 32.4 Å². The summed E-state index contributed by atoms with van der Waals surface area (Å²) in [5, 5.41) is 22.4. The molecule has 0 radical (unpaired) electrons. The molecule has 242 valence electrons. The average Bonchev–Trinajstić information content (AvgIpc) is 3.72. The van der Waals surface area contributed by atoms with Crippen LogP contribution in [0.1, 0.15) is 18.7 Å². The van der Waals surface area contributed by atoms with E-state index < -0.39 is 83.1 Å². The molecule has 7 rings (SSSR count). The van der Waals surface area contributed by atoms with Crippen LogP contribution in [0.5, 0.6) is 0 Å². The number of anilines is 2. The maximum Gasteiger partial charge on any atom is 0.472 e. The van der Waals surface area contributed by atoms with Crippen LogP contribution in [0.4, 0.5) is 11.8 Å². The van der Waals surface area contributed by atoms with Crippen LogP contribution in [-0.4, -0.2) is 103 Å². The van der Waals surface area contributed by atoms with Gasteiger partial charge in [0.05, 0.1) is 31.9 Å². The molecule has 4 aromatic heterocycles. The van der Waals surface area contributed by atoms with Gasteiger partial charge in [0.15, 0.2) is 28.9 Å². The van der Waals surface area contributed by atoms with Gasteiger partial charge in [-0.05, 0) is 6.42 Å². The van der Waals surface area contributed by atoms with Gasteiger partial charge in [-0.25, -0.2) is 29.1 Å². The SMILES string of the molecule is Nc1nc2c(ncn2[C@@H]2C[C@@H]3COP(=O)(O)OC4[C@@H](O)[C@H](n5cnc6c(N)ncnc65)O[C@@H]4COP(=O)(O)O[C@@H]3C2O)c(=O)[nH]1. The number of nitrogen functional groups attached to an aromatic ring is 2. The summed E-state index contributed by atoms with van der Waals surface area (Å²) >= 11 is 0. The number of imidazole rings is 2. The number of rotatable bonds is 2. The number of aromatic amines is 1. The lowest BCUT2D eigenvalue weighted by Gasteiger charge is -2.28. The second-order valence-corrected chi connectivity index (χ2v) is 13.4. The van der Waals surface area contributed by atoms with Crippen molar-refractivity contribution in [2.24, 2.45) is 5.92 Å². The van der Waals surface area contributed by atoms with Crippen molar-refractivity contribution in [3.05, 3.63) is 29.3 Å². The molecular formula is C21H26N10O12P2. The van der Waals surface area contributed by atoms with E-state index in [0.717, 1.165) is 6.33 Å². The van der Waals surface area contributed by atoms with Crippen molar-refractivity contribution >= 4 is 49.7 Å². The van der Waals surface area contributed by atoms with E-state index in [2.05, 4.69) is 29.9 Å². The summed E-state index contributed by atoms with van der Waals surface area (Å²) in [6.45, 7) is -1.39. The highest BCUT2D eigenvalue weighted by molar-refractivity contribution is 7.47. The van der Waals surface area contributed by atoms with E-state index in [1.54, 1.807) is 0 Å². The number of fused-ring (bicyclic) bond motifs is 4. The molecule has 10 atom stereocenters.